The number of likely N-dealkylation sites (tertiary alicyclic amines) is 1. The summed E-state index contributed by atoms with van der Waals surface area (Å²) in [5, 5.41) is 8.22. The van der Waals surface area contributed by atoms with Gasteiger partial charge >= 0.3 is 6.03 Å². The smallest absolute Gasteiger partial charge is 0.317 e. The fourth-order valence-corrected chi connectivity index (χ4v) is 3.60. The maximum Gasteiger partial charge on any atom is 0.317 e. The topological polar surface area (TPSA) is 68.0 Å². The molecule has 0 bridgehead atoms. The number of nitrogens with one attached hydrogen (secondary N) is 1. The van der Waals surface area contributed by atoms with Crippen molar-refractivity contribution >= 4 is 17.8 Å². The Hall–Kier alpha value is -1.96. The second kappa shape index (κ2) is 7.54. The van der Waals surface area contributed by atoms with Crippen LogP contribution in [0.25, 0.3) is 0 Å². The summed E-state index contributed by atoms with van der Waals surface area (Å²) in [4.78, 5) is 18.6. The van der Waals surface area contributed by atoms with Crippen LogP contribution in [0.3, 0.4) is 0 Å². The van der Waals surface area contributed by atoms with Crippen molar-refractivity contribution in [1.29, 1.82) is 0 Å². The number of imidazole rings is 1. The lowest BCUT2D eigenvalue weighted by molar-refractivity contribution is 0.186. The Balaban J connectivity index is 1.43. The van der Waals surface area contributed by atoms with Gasteiger partial charge < -0.3 is 14.8 Å². The van der Waals surface area contributed by atoms with Gasteiger partial charge in [-0.25, -0.2) is 9.78 Å². The number of hydrogen-bond donors (Lipinski definition) is 1. The number of carbonyl (C=O) groups excluding carboxylic acids is 1. The first-order valence-corrected chi connectivity index (χ1v) is 8.84. The van der Waals surface area contributed by atoms with Crippen LogP contribution in [0.15, 0.2) is 36.0 Å². The van der Waals surface area contributed by atoms with E-state index in [1.807, 2.05) is 39.7 Å². The summed E-state index contributed by atoms with van der Waals surface area (Å²) in [6.07, 6.45) is 9.51. The standard InChI is InChI=1S/C15H22N6OS/c1-19-10-6-17-15(19)23-11-7-16-14(22)21-9-2-4-13(21)12-20-8-3-5-18-20/h3,5-6,8,10,13H,2,4,7,9,11-12H2,1H3,(H,16,22)/t13-/m1/s1. The van der Waals surface area contributed by atoms with Crippen molar-refractivity contribution in [3.63, 3.8) is 0 Å². The minimum atomic E-state index is 0.0279. The highest BCUT2D eigenvalue weighted by atomic mass is 32.2. The molecule has 124 valence electrons. The predicted molar refractivity (Wildman–Crippen MR) is 89.3 cm³/mol. The largest absolute Gasteiger partial charge is 0.337 e. The highest BCUT2D eigenvalue weighted by Gasteiger charge is 2.28. The molecule has 3 heterocycles. The molecule has 2 amide bonds. The lowest BCUT2D eigenvalue weighted by Gasteiger charge is -2.25. The normalized spacial score (nSPS) is 17.6. The van der Waals surface area contributed by atoms with Gasteiger partial charge in [0.2, 0.25) is 0 Å². The summed E-state index contributed by atoms with van der Waals surface area (Å²) in [6, 6.07) is 2.17. The van der Waals surface area contributed by atoms with Gasteiger partial charge in [0, 0.05) is 50.7 Å². The Morgan fingerprint density at radius 2 is 2.35 bits per heavy atom. The van der Waals surface area contributed by atoms with Gasteiger partial charge in [-0.3, -0.25) is 4.68 Å². The van der Waals surface area contributed by atoms with Gasteiger partial charge in [-0.05, 0) is 18.9 Å². The van der Waals surface area contributed by atoms with E-state index in [1.54, 1.807) is 24.2 Å². The highest BCUT2D eigenvalue weighted by Crippen LogP contribution is 2.19. The third-order valence-electron chi connectivity index (χ3n) is 3.98. The average Bonchev–Trinajstić information content (AvgIpc) is 3.27. The van der Waals surface area contributed by atoms with Crippen molar-refractivity contribution < 1.29 is 4.79 Å². The molecule has 3 rings (SSSR count). The molecule has 1 saturated heterocycles. The molecule has 2 aromatic heterocycles. The van der Waals surface area contributed by atoms with Crippen LogP contribution in [-0.4, -0.2) is 55.1 Å². The fraction of sp³-hybridized carbons (Fsp3) is 0.533. The number of aryl methyl sites for hydroxylation is 1. The van der Waals surface area contributed by atoms with Crippen LogP contribution in [0.4, 0.5) is 4.79 Å². The van der Waals surface area contributed by atoms with Crippen LogP contribution in [0.1, 0.15) is 12.8 Å². The van der Waals surface area contributed by atoms with E-state index in [1.165, 1.54) is 0 Å². The molecular formula is C15H22N6OS. The van der Waals surface area contributed by atoms with Gasteiger partial charge in [0.25, 0.3) is 0 Å². The van der Waals surface area contributed by atoms with E-state index in [9.17, 15) is 4.79 Å². The fourth-order valence-electron chi connectivity index (χ4n) is 2.81. The molecular weight excluding hydrogens is 312 g/mol. The molecule has 1 N–H and O–H groups in total. The minimum Gasteiger partial charge on any atom is -0.337 e. The zero-order chi connectivity index (χ0) is 16.1. The predicted octanol–water partition coefficient (Wildman–Crippen LogP) is 1.58. The van der Waals surface area contributed by atoms with E-state index in [0.29, 0.717) is 6.54 Å². The molecule has 0 saturated carbocycles. The maximum atomic E-state index is 12.4. The van der Waals surface area contributed by atoms with Crippen LogP contribution >= 0.6 is 11.8 Å². The van der Waals surface area contributed by atoms with Crippen molar-refractivity contribution in [3.8, 4) is 0 Å². The number of carbonyl (C=O) groups is 1. The molecule has 0 unspecified atom stereocenters. The van der Waals surface area contributed by atoms with E-state index in [-0.39, 0.29) is 12.1 Å². The Morgan fingerprint density at radius 3 is 3.09 bits per heavy atom. The molecule has 8 heteroatoms. The zero-order valence-corrected chi connectivity index (χ0v) is 14.1. The van der Waals surface area contributed by atoms with Gasteiger partial charge in [-0.2, -0.15) is 5.10 Å². The van der Waals surface area contributed by atoms with Crippen LogP contribution < -0.4 is 5.32 Å². The number of amides is 2. The van der Waals surface area contributed by atoms with E-state index in [4.69, 9.17) is 0 Å². The Bertz CT molecular complexity index is 626. The van der Waals surface area contributed by atoms with Gasteiger partial charge in [-0.1, -0.05) is 11.8 Å². The number of rotatable bonds is 6. The third-order valence-corrected chi connectivity index (χ3v) is 5.04. The summed E-state index contributed by atoms with van der Waals surface area (Å²) in [6.45, 7) is 2.23. The van der Waals surface area contributed by atoms with Gasteiger partial charge in [0.15, 0.2) is 5.16 Å². The first-order chi connectivity index (χ1) is 11.2. The third kappa shape index (κ3) is 4.07. The van der Waals surface area contributed by atoms with Crippen molar-refractivity contribution in [2.75, 3.05) is 18.8 Å². The van der Waals surface area contributed by atoms with E-state index >= 15 is 0 Å². The summed E-state index contributed by atoms with van der Waals surface area (Å²) in [5.41, 5.74) is 0. The number of nitrogens with zero attached hydrogens (tertiary/aromatic N) is 5. The number of hydrogen-bond acceptors (Lipinski definition) is 4. The zero-order valence-electron chi connectivity index (χ0n) is 13.3. The molecule has 1 fully saturated rings. The molecule has 0 spiro atoms. The molecule has 0 aliphatic carbocycles. The molecule has 1 aliphatic rings. The number of aromatic nitrogens is 4. The van der Waals surface area contributed by atoms with Gasteiger partial charge in [0.1, 0.15) is 0 Å². The van der Waals surface area contributed by atoms with Crippen LogP contribution in [-0.2, 0) is 13.6 Å². The molecule has 7 nitrogen and oxygen atoms in total. The van der Waals surface area contributed by atoms with Crippen molar-refractivity contribution in [3.05, 3.63) is 30.9 Å². The number of thioether (sulfide) groups is 1. The summed E-state index contributed by atoms with van der Waals surface area (Å²) in [5.74, 6) is 0.814. The molecule has 1 atom stereocenters. The first kappa shape index (κ1) is 15.9. The lowest BCUT2D eigenvalue weighted by atomic mass is 10.2. The average molecular weight is 334 g/mol. The Labute approximate surface area is 140 Å². The van der Waals surface area contributed by atoms with Crippen LogP contribution in [0.5, 0.6) is 0 Å². The van der Waals surface area contributed by atoms with Crippen LogP contribution in [0.2, 0.25) is 0 Å². The second-order valence-corrected chi connectivity index (χ2v) is 6.68. The molecule has 23 heavy (non-hydrogen) atoms. The van der Waals surface area contributed by atoms with Crippen molar-refractivity contribution in [2.45, 2.75) is 30.6 Å². The molecule has 0 radical (unpaired) electrons. The lowest BCUT2D eigenvalue weighted by Crippen LogP contribution is -2.45. The molecule has 2 aromatic rings. The summed E-state index contributed by atoms with van der Waals surface area (Å²) < 4.78 is 3.88. The minimum absolute atomic E-state index is 0.0279. The van der Waals surface area contributed by atoms with E-state index < -0.39 is 0 Å². The van der Waals surface area contributed by atoms with Crippen molar-refractivity contribution in [1.82, 2.24) is 29.5 Å². The second-order valence-electron chi connectivity index (χ2n) is 5.62. The highest BCUT2D eigenvalue weighted by molar-refractivity contribution is 7.99. The van der Waals surface area contributed by atoms with Crippen LogP contribution in [0, 0.1) is 0 Å². The molecule has 0 aromatic carbocycles. The van der Waals surface area contributed by atoms with Crippen molar-refractivity contribution in [2.24, 2.45) is 7.05 Å². The quantitative estimate of drug-likeness (QED) is 0.643. The molecule has 1 aliphatic heterocycles. The first-order valence-electron chi connectivity index (χ1n) is 7.86. The van der Waals surface area contributed by atoms with Gasteiger partial charge in [-0.15, -0.1) is 0 Å². The van der Waals surface area contributed by atoms with E-state index in [0.717, 1.165) is 36.8 Å². The SMILES string of the molecule is Cn1ccnc1SCCNC(=O)N1CCC[C@@H]1Cn1cccn1. The summed E-state index contributed by atoms with van der Waals surface area (Å²) in [7, 11) is 1.97. The Kier molecular flexibility index (Phi) is 5.22. The summed E-state index contributed by atoms with van der Waals surface area (Å²) >= 11 is 1.65. The van der Waals surface area contributed by atoms with E-state index in [2.05, 4.69) is 15.4 Å². The van der Waals surface area contributed by atoms with Gasteiger partial charge in [0.05, 0.1) is 12.6 Å². The number of urea groups is 1. The Morgan fingerprint density at radius 1 is 1.43 bits per heavy atom. The monoisotopic (exact) mass is 334 g/mol. The maximum absolute atomic E-state index is 12.4.